The molecule has 1 N–H and O–H groups in total. The highest BCUT2D eigenvalue weighted by molar-refractivity contribution is 5.78. The van der Waals surface area contributed by atoms with Crippen molar-refractivity contribution in [1.82, 2.24) is 4.90 Å². The summed E-state index contributed by atoms with van der Waals surface area (Å²) in [5.74, 6) is -0.805. The van der Waals surface area contributed by atoms with Gasteiger partial charge in [0.25, 0.3) is 0 Å². The predicted octanol–water partition coefficient (Wildman–Crippen LogP) is 2.81. The molecular weight excluding hydrogens is 258 g/mol. The van der Waals surface area contributed by atoms with Crippen LogP contribution in [0.25, 0.3) is 0 Å². The summed E-state index contributed by atoms with van der Waals surface area (Å²) in [4.78, 5) is 25.7. The molecule has 5 nitrogen and oxygen atoms in total. The van der Waals surface area contributed by atoms with Crippen LogP contribution >= 0.6 is 0 Å². The number of allylic oxidation sites excluding steroid dienone is 1. The van der Waals surface area contributed by atoms with Crippen molar-refractivity contribution in [3.05, 3.63) is 12.2 Å². The lowest BCUT2D eigenvalue weighted by molar-refractivity contribution is -0.151. The lowest BCUT2D eigenvalue weighted by atomic mass is 9.79. The van der Waals surface area contributed by atoms with Gasteiger partial charge in [-0.05, 0) is 40.0 Å². The number of nitrogens with zero attached hydrogens (tertiary/aromatic N) is 1. The number of carboxylic acid groups (broad SMARTS) is 1. The van der Waals surface area contributed by atoms with E-state index in [0.717, 1.165) is 12.8 Å². The number of aliphatic carboxylic acids is 1. The minimum atomic E-state index is -0.843. The molecule has 1 aliphatic carbocycles. The molecule has 0 bridgehead atoms. The molecule has 0 aromatic rings. The van der Waals surface area contributed by atoms with Crippen LogP contribution in [0.15, 0.2) is 12.2 Å². The standard InChI is InChI=1S/C15H23NO4/c1-14(2,3)20-13(19)16-10-5-4-8-15(12(17)18)9-6-7-11(15)16/h4-5,11H,6-10H2,1-3H3,(H,17,18)/t11-,15+/m1/s1. The minimum absolute atomic E-state index is 0.273. The van der Waals surface area contributed by atoms with Gasteiger partial charge < -0.3 is 14.7 Å². The average molecular weight is 281 g/mol. The summed E-state index contributed by atoms with van der Waals surface area (Å²) in [6.07, 6.45) is 6.02. The molecule has 112 valence electrons. The molecule has 0 saturated heterocycles. The SMILES string of the molecule is CC(C)(C)OC(=O)N1CC=CC[C@]2(C(=O)O)CCC[C@@H]12. The van der Waals surface area contributed by atoms with Gasteiger partial charge >= 0.3 is 12.1 Å². The van der Waals surface area contributed by atoms with Gasteiger partial charge in [-0.2, -0.15) is 0 Å². The highest BCUT2D eigenvalue weighted by atomic mass is 16.6. The van der Waals surface area contributed by atoms with E-state index in [1.54, 1.807) is 4.90 Å². The lowest BCUT2D eigenvalue weighted by Crippen LogP contribution is -2.51. The van der Waals surface area contributed by atoms with Gasteiger partial charge in [-0.1, -0.05) is 18.6 Å². The van der Waals surface area contributed by atoms with E-state index in [4.69, 9.17) is 4.74 Å². The van der Waals surface area contributed by atoms with Crippen LogP contribution < -0.4 is 0 Å². The number of rotatable bonds is 1. The van der Waals surface area contributed by atoms with Crippen LogP contribution in [-0.4, -0.2) is 40.3 Å². The Balaban J connectivity index is 2.27. The van der Waals surface area contributed by atoms with E-state index in [1.807, 2.05) is 32.9 Å². The van der Waals surface area contributed by atoms with Gasteiger partial charge in [0, 0.05) is 6.54 Å². The summed E-state index contributed by atoms with van der Waals surface area (Å²) < 4.78 is 5.43. The van der Waals surface area contributed by atoms with Gasteiger partial charge in [-0.15, -0.1) is 0 Å². The first-order valence-corrected chi connectivity index (χ1v) is 7.14. The molecule has 2 atom stereocenters. The molecule has 0 unspecified atom stereocenters. The average Bonchev–Trinajstić information content (AvgIpc) is 2.63. The van der Waals surface area contributed by atoms with Crippen molar-refractivity contribution in [2.45, 2.75) is 58.1 Å². The number of hydrogen-bond donors (Lipinski definition) is 1. The summed E-state index contributed by atoms with van der Waals surface area (Å²) in [6, 6.07) is -0.273. The van der Waals surface area contributed by atoms with Crippen molar-refractivity contribution in [3.8, 4) is 0 Å². The zero-order chi connectivity index (χ0) is 15.0. The van der Waals surface area contributed by atoms with Crippen LogP contribution in [-0.2, 0) is 9.53 Å². The van der Waals surface area contributed by atoms with Crippen LogP contribution in [0, 0.1) is 5.41 Å². The highest BCUT2D eigenvalue weighted by Gasteiger charge is 2.53. The molecular formula is C15H23NO4. The van der Waals surface area contributed by atoms with Crippen molar-refractivity contribution in [1.29, 1.82) is 0 Å². The zero-order valence-corrected chi connectivity index (χ0v) is 12.4. The fourth-order valence-electron chi connectivity index (χ4n) is 3.21. The second kappa shape index (κ2) is 5.11. The molecule has 2 rings (SSSR count). The molecule has 1 amide bonds. The van der Waals surface area contributed by atoms with Crippen molar-refractivity contribution in [2.75, 3.05) is 6.54 Å². The van der Waals surface area contributed by atoms with Crippen molar-refractivity contribution < 1.29 is 19.4 Å². The third-order valence-corrected chi connectivity index (χ3v) is 4.12. The fraction of sp³-hybridized carbons (Fsp3) is 0.733. The monoisotopic (exact) mass is 281 g/mol. The molecule has 0 spiro atoms. The molecule has 20 heavy (non-hydrogen) atoms. The second-order valence-corrected chi connectivity index (χ2v) is 6.68. The number of carbonyl (C=O) groups is 2. The first-order chi connectivity index (χ1) is 9.26. The highest BCUT2D eigenvalue weighted by Crippen LogP contribution is 2.46. The zero-order valence-electron chi connectivity index (χ0n) is 12.4. The van der Waals surface area contributed by atoms with Crippen molar-refractivity contribution in [3.63, 3.8) is 0 Å². The second-order valence-electron chi connectivity index (χ2n) is 6.68. The Hall–Kier alpha value is -1.52. The smallest absolute Gasteiger partial charge is 0.410 e. The molecule has 1 fully saturated rings. The van der Waals surface area contributed by atoms with E-state index in [0.29, 0.717) is 19.4 Å². The van der Waals surface area contributed by atoms with Crippen LogP contribution in [0.4, 0.5) is 4.79 Å². The fourth-order valence-corrected chi connectivity index (χ4v) is 3.21. The summed E-state index contributed by atoms with van der Waals surface area (Å²) in [5.41, 5.74) is -1.42. The number of carbonyl (C=O) groups excluding carboxylic acids is 1. The van der Waals surface area contributed by atoms with Crippen molar-refractivity contribution in [2.24, 2.45) is 5.41 Å². The molecule has 1 aliphatic heterocycles. The maximum absolute atomic E-state index is 12.4. The summed E-state index contributed by atoms with van der Waals surface area (Å²) in [5, 5.41) is 9.64. The quantitative estimate of drug-likeness (QED) is 0.750. The normalized spacial score (nSPS) is 29.8. The number of ether oxygens (including phenoxy) is 1. The summed E-state index contributed by atoms with van der Waals surface area (Å²) >= 11 is 0. The van der Waals surface area contributed by atoms with Gasteiger partial charge in [0.15, 0.2) is 0 Å². The maximum Gasteiger partial charge on any atom is 0.410 e. The van der Waals surface area contributed by atoms with Crippen LogP contribution in [0.5, 0.6) is 0 Å². The molecule has 0 radical (unpaired) electrons. The molecule has 0 aromatic heterocycles. The summed E-state index contributed by atoms with van der Waals surface area (Å²) in [6.45, 7) is 5.88. The summed E-state index contributed by atoms with van der Waals surface area (Å²) in [7, 11) is 0. The van der Waals surface area contributed by atoms with E-state index in [-0.39, 0.29) is 6.04 Å². The topological polar surface area (TPSA) is 66.8 Å². The number of hydrogen-bond acceptors (Lipinski definition) is 3. The van der Waals surface area contributed by atoms with Gasteiger partial charge in [-0.25, -0.2) is 4.79 Å². The Kier molecular flexibility index (Phi) is 3.80. The number of amides is 1. The molecule has 2 aliphatic rings. The predicted molar refractivity (Wildman–Crippen MR) is 74.4 cm³/mol. The van der Waals surface area contributed by atoms with E-state index in [2.05, 4.69) is 0 Å². The Morgan fingerprint density at radius 1 is 1.35 bits per heavy atom. The van der Waals surface area contributed by atoms with E-state index < -0.39 is 23.1 Å². The Morgan fingerprint density at radius 3 is 2.65 bits per heavy atom. The third-order valence-electron chi connectivity index (χ3n) is 4.12. The Morgan fingerprint density at radius 2 is 2.05 bits per heavy atom. The number of fused-ring (bicyclic) bond motifs is 1. The largest absolute Gasteiger partial charge is 0.481 e. The maximum atomic E-state index is 12.4. The van der Waals surface area contributed by atoms with Crippen LogP contribution in [0.1, 0.15) is 46.5 Å². The van der Waals surface area contributed by atoms with Crippen molar-refractivity contribution >= 4 is 12.1 Å². The number of carboxylic acids is 1. The lowest BCUT2D eigenvalue weighted by Gasteiger charge is -2.37. The third kappa shape index (κ3) is 2.67. The van der Waals surface area contributed by atoms with Crippen LogP contribution in [0.2, 0.25) is 0 Å². The van der Waals surface area contributed by atoms with Gasteiger partial charge in [0.05, 0.1) is 11.5 Å². The first kappa shape index (κ1) is 14.9. The van der Waals surface area contributed by atoms with Gasteiger partial charge in [0.2, 0.25) is 0 Å². The Bertz CT molecular complexity index is 438. The molecule has 5 heteroatoms. The van der Waals surface area contributed by atoms with E-state index in [1.165, 1.54) is 0 Å². The van der Waals surface area contributed by atoms with E-state index in [9.17, 15) is 14.7 Å². The molecule has 1 saturated carbocycles. The first-order valence-electron chi connectivity index (χ1n) is 7.14. The molecule has 1 heterocycles. The van der Waals surface area contributed by atoms with Crippen LogP contribution in [0.3, 0.4) is 0 Å². The minimum Gasteiger partial charge on any atom is -0.481 e. The van der Waals surface area contributed by atoms with Gasteiger partial charge in [-0.3, -0.25) is 4.79 Å². The van der Waals surface area contributed by atoms with E-state index >= 15 is 0 Å². The Labute approximate surface area is 119 Å². The molecule has 0 aromatic carbocycles. The van der Waals surface area contributed by atoms with Gasteiger partial charge in [0.1, 0.15) is 5.60 Å².